The number of rotatable bonds is 19. The lowest BCUT2D eigenvalue weighted by molar-refractivity contribution is -0.906. The number of quaternary nitrogens is 1. The van der Waals surface area contributed by atoms with E-state index in [0.29, 0.717) is 0 Å². The maximum absolute atomic E-state index is 8.74. The average molecular weight is 439 g/mol. The summed E-state index contributed by atoms with van der Waals surface area (Å²) in [5, 5.41) is 0. The fraction of sp³-hybridized carbons (Fsp3) is 1.00. The van der Waals surface area contributed by atoms with E-state index in [1.807, 2.05) is 0 Å². The zero-order valence-electron chi connectivity index (χ0n) is 20.0. The first-order valence-corrected chi connectivity index (χ1v) is 13.6. The molecule has 0 aromatic carbocycles. The van der Waals surface area contributed by atoms with Crippen LogP contribution in [0.2, 0.25) is 0 Å². The van der Waals surface area contributed by atoms with Gasteiger partial charge in [-0.2, -0.15) is 8.42 Å². The summed E-state index contributed by atoms with van der Waals surface area (Å²) >= 11 is 0. The lowest BCUT2D eigenvalue weighted by Gasteiger charge is -2.32. The van der Waals surface area contributed by atoms with Gasteiger partial charge >= 0.3 is 10.4 Å². The Balaban J connectivity index is 0. The molecule has 2 N–H and O–H groups in total. The van der Waals surface area contributed by atoms with Gasteiger partial charge in [0.2, 0.25) is 0 Å². The Morgan fingerprint density at radius 1 is 0.552 bits per heavy atom. The molecule has 0 amide bonds. The zero-order chi connectivity index (χ0) is 22.4. The van der Waals surface area contributed by atoms with Gasteiger partial charge in [0.1, 0.15) is 0 Å². The van der Waals surface area contributed by atoms with Gasteiger partial charge in [-0.25, -0.2) is 0 Å². The second kappa shape index (κ2) is 21.1. The number of unbranched alkanes of at least 4 members (excludes halogenated alkanes) is 15. The molecule has 0 bridgehead atoms. The van der Waals surface area contributed by atoms with Gasteiger partial charge in [-0.15, -0.1) is 0 Å². The van der Waals surface area contributed by atoms with Crippen LogP contribution in [-0.2, 0) is 10.4 Å². The lowest BCUT2D eigenvalue weighted by atomic mass is 10.0. The first-order chi connectivity index (χ1) is 13.7. The quantitative estimate of drug-likeness (QED) is 0.128. The van der Waals surface area contributed by atoms with Gasteiger partial charge in [-0.05, 0) is 26.7 Å². The molecule has 0 aromatic rings. The van der Waals surface area contributed by atoms with Crippen molar-refractivity contribution in [3.8, 4) is 0 Å². The van der Waals surface area contributed by atoms with Crippen LogP contribution in [0.25, 0.3) is 0 Å². The Kier molecular flexibility index (Phi) is 22.5. The van der Waals surface area contributed by atoms with Crippen LogP contribution in [0.4, 0.5) is 0 Å². The van der Waals surface area contributed by atoms with Crippen molar-refractivity contribution >= 4 is 10.4 Å². The first-order valence-electron chi connectivity index (χ1n) is 12.2. The van der Waals surface area contributed by atoms with Gasteiger partial charge in [0.15, 0.2) is 0 Å². The molecule has 0 fully saturated rings. The summed E-state index contributed by atoms with van der Waals surface area (Å²) in [6.45, 7) is 10.9. The number of hydrogen-bond donors (Lipinski definition) is 2. The highest BCUT2D eigenvalue weighted by atomic mass is 32.3. The molecule has 5 nitrogen and oxygen atoms in total. The molecule has 0 aromatic heterocycles. The van der Waals surface area contributed by atoms with E-state index in [2.05, 4.69) is 27.8 Å². The summed E-state index contributed by atoms with van der Waals surface area (Å²) in [6, 6.07) is 0. The summed E-state index contributed by atoms with van der Waals surface area (Å²) in [4.78, 5) is 0. The molecule has 0 radical (unpaired) electrons. The fourth-order valence-electron chi connectivity index (χ4n) is 3.58. The molecule has 0 saturated heterocycles. The third-order valence-corrected chi connectivity index (χ3v) is 6.08. The summed E-state index contributed by atoms with van der Waals surface area (Å²) < 4.78 is 32.8. The smallest absolute Gasteiger partial charge is 0.327 e. The molecule has 0 aliphatic heterocycles. The lowest BCUT2D eigenvalue weighted by Crippen LogP contribution is -2.44. The van der Waals surface area contributed by atoms with Crippen LogP contribution in [0.3, 0.4) is 0 Å². The minimum atomic E-state index is -4.67. The Bertz CT molecular complexity index is 415. The first kappa shape index (κ1) is 31.0. The van der Waals surface area contributed by atoms with Crippen LogP contribution < -0.4 is 0 Å². The second-order valence-electron chi connectivity index (χ2n) is 8.73. The van der Waals surface area contributed by atoms with Gasteiger partial charge in [0.05, 0.1) is 26.7 Å². The molecule has 0 atom stereocenters. The van der Waals surface area contributed by atoms with E-state index in [4.69, 9.17) is 17.5 Å². The van der Waals surface area contributed by atoms with Crippen molar-refractivity contribution in [3.05, 3.63) is 0 Å². The highest BCUT2D eigenvalue weighted by Gasteiger charge is 2.14. The van der Waals surface area contributed by atoms with Crippen molar-refractivity contribution in [2.75, 3.05) is 26.7 Å². The number of nitrogens with zero attached hydrogens (tertiary/aromatic N) is 1. The van der Waals surface area contributed by atoms with Gasteiger partial charge in [-0.3, -0.25) is 9.11 Å². The molecule has 0 unspecified atom stereocenters. The normalized spacial score (nSPS) is 11.9. The van der Waals surface area contributed by atoms with Gasteiger partial charge < -0.3 is 4.48 Å². The molecule has 0 aliphatic carbocycles. The third-order valence-electron chi connectivity index (χ3n) is 6.08. The van der Waals surface area contributed by atoms with Crippen LogP contribution in [0.5, 0.6) is 0 Å². The van der Waals surface area contributed by atoms with Crippen LogP contribution in [-0.4, -0.2) is 48.7 Å². The molecular weight excluding hydrogens is 386 g/mol. The van der Waals surface area contributed by atoms with E-state index in [1.165, 1.54) is 127 Å². The van der Waals surface area contributed by atoms with E-state index in [-0.39, 0.29) is 0 Å². The molecule has 178 valence electrons. The average Bonchev–Trinajstić information content (AvgIpc) is 2.66. The molecular formula is C23H52NO4S+. The summed E-state index contributed by atoms with van der Waals surface area (Å²) in [7, 11) is -2.26. The maximum Gasteiger partial charge on any atom is 0.394 e. The Morgan fingerprint density at radius 2 is 0.793 bits per heavy atom. The van der Waals surface area contributed by atoms with E-state index in [1.54, 1.807) is 0 Å². The highest BCUT2D eigenvalue weighted by molar-refractivity contribution is 7.79. The standard InChI is InChI=1S/C23H50N.H2O4S/c1-5-8-9-10-11-12-13-14-15-16-17-18-19-20-21-22-23-24(4,6-2)7-3;1-5(2,3)4/h5-23H2,1-4H3;(H2,1,2,3,4)/q+1;. The summed E-state index contributed by atoms with van der Waals surface area (Å²) in [5.74, 6) is 0. The molecule has 6 heteroatoms. The highest BCUT2D eigenvalue weighted by Crippen LogP contribution is 2.14. The monoisotopic (exact) mass is 438 g/mol. The van der Waals surface area contributed by atoms with Crippen molar-refractivity contribution in [2.45, 2.75) is 124 Å². The van der Waals surface area contributed by atoms with Crippen LogP contribution >= 0.6 is 0 Å². The minimum absolute atomic E-state index is 1.26. The molecule has 0 aliphatic rings. The molecule has 0 heterocycles. The summed E-state index contributed by atoms with van der Waals surface area (Å²) in [5.41, 5.74) is 0. The van der Waals surface area contributed by atoms with Crippen LogP contribution in [0, 0.1) is 0 Å². The van der Waals surface area contributed by atoms with Gasteiger partial charge in [-0.1, -0.05) is 96.8 Å². The Morgan fingerprint density at radius 3 is 1.03 bits per heavy atom. The fourth-order valence-corrected chi connectivity index (χ4v) is 3.58. The molecule has 0 saturated carbocycles. The van der Waals surface area contributed by atoms with E-state index < -0.39 is 10.4 Å². The van der Waals surface area contributed by atoms with E-state index in [9.17, 15) is 0 Å². The number of hydrogen-bond acceptors (Lipinski definition) is 2. The zero-order valence-corrected chi connectivity index (χ0v) is 20.8. The third kappa shape index (κ3) is 30.1. The SMILES string of the molecule is CCCCCCCCCCCCCCCCCC[N+](C)(CC)CC.O=S(=O)(O)O. The molecule has 0 spiro atoms. The Labute approximate surface area is 182 Å². The summed E-state index contributed by atoms with van der Waals surface area (Å²) in [6.07, 6.45) is 23.4. The minimum Gasteiger partial charge on any atom is -0.327 e. The van der Waals surface area contributed by atoms with Crippen molar-refractivity contribution in [1.82, 2.24) is 0 Å². The van der Waals surface area contributed by atoms with E-state index in [0.717, 1.165) is 0 Å². The molecule has 0 rings (SSSR count). The van der Waals surface area contributed by atoms with Crippen LogP contribution in [0.1, 0.15) is 124 Å². The topological polar surface area (TPSA) is 74.6 Å². The Hall–Kier alpha value is -0.170. The van der Waals surface area contributed by atoms with Crippen molar-refractivity contribution < 1.29 is 22.0 Å². The van der Waals surface area contributed by atoms with Crippen molar-refractivity contribution in [2.24, 2.45) is 0 Å². The van der Waals surface area contributed by atoms with E-state index >= 15 is 0 Å². The largest absolute Gasteiger partial charge is 0.394 e. The van der Waals surface area contributed by atoms with Crippen molar-refractivity contribution in [1.29, 1.82) is 0 Å². The predicted molar refractivity (Wildman–Crippen MR) is 126 cm³/mol. The second-order valence-corrected chi connectivity index (χ2v) is 9.62. The van der Waals surface area contributed by atoms with Gasteiger partial charge in [0, 0.05) is 0 Å². The predicted octanol–water partition coefficient (Wildman–Crippen LogP) is 7.08. The van der Waals surface area contributed by atoms with Gasteiger partial charge in [0.25, 0.3) is 0 Å². The molecule has 29 heavy (non-hydrogen) atoms. The maximum atomic E-state index is 8.74. The van der Waals surface area contributed by atoms with Crippen molar-refractivity contribution in [3.63, 3.8) is 0 Å². The van der Waals surface area contributed by atoms with Crippen LogP contribution in [0.15, 0.2) is 0 Å².